The number of fused-ring (bicyclic) bond motifs is 1. The van der Waals surface area contributed by atoms with Gasteiger partial charge in [-0.2, -0.15) is 0 Å². The van der Waals surface area contributed by atoms with Gasteiger partial charge in [0, 0.05) is 31.3 Å². The predicted octanol–water partition coefficient (Wildman–Crippen LogP) is 2.62. The molecule has 0 aromatic heterocycles. The van der Waals surface area contributed by atoms with Gasteiger partial charge in [0.1, 0.15) is 11.4 Å². The fourth-order valence-corrected chi connectivity index (χ4v) is 3.44. The zero-order valence-electron chi connectivity index (χ0n) is 14.6. The number of anilines is 2. The summed E-state index contributed by atoms with van der Waals surface area (Å²) in [5.41, 5.74) is 2.23. The summed E-state index contributed by atoms with van der Waals surface area (Å²) in [6.07, 6.45) is 0.800. The molecule has 8 heteroatoms. The van der Waals surface area contributed by atoms with Gasteiger partial charge < -0.3 is 19.7 Å². The van der Waals surface area contributed by atoms with Gasteiger partial charge in [-0.15, -0.1) is 0 Å². The minimum absolute atomic E-state index is 0.0769. The minimum Gasteiger partial charge on any atom is -0.493 e. The molecule has 2 aromatic rings. The van der Waals surface area contributed by atoms with E-state index in [1.165, 1.54) is 12.1 Å². The second-order valence-electron chi connectivity index (χ2n) is 6.40. The summed E-state index contributed by atoms with van der Waals surface area (Å²) in [6.45, 7) is 2.58. The molecule has 0 spiro atoms. The van der Waals surface area contributed by atoms with Crippen molar-refractivity contribution in [2.75, 3.05) is 43.1 Å². The van der Waals surface area contributed by atoms with Crippen LogP contribution in [0.25, 0.3) is 0 Å². The van der Waals surface area contributed by atoms with Crippen LogP contribution in [0.1, 0.15) is 15.9 Å². The van der Waals surface area contributed by atoms with Crippen LogP contribution in [0.4, 0.5) is 17.1 Å². The van der Waals surface area contributed by atoms with E-state index in [0.29, 0.717) is 44.3 Å². The zero-order chi connectivity index (χ0) is 18.8. The molecule has 0 saturated carbocycles. The molecule has 0 bridgehead atoms. The fourth-order valence-electron chi connectivity index (χ4n) is 3.44. The first-order valence-corrected chi connectivity index (χ1v) is 8.80. The average Bonchev–Trinajstić information content (AvgIpc) is 3.16. The van der Waals surface area contributed by atoms with E-state index >= 15 is 0 Å². The fraction of sp³-hybridized carbons (Fsp3) is 0.316. The van der Waals surface area contributed by atoms with Gasteiger partial charge in [0.15, 0.2) is 0 Å². The molecule has 0 unspecified atom stereocenters. The van der Waals surface area contributed by atoms with Gasteiger partial charge in [-0.1, -0.05) is 6.07 Å². The SMILES string of the molecule is O=C(Nc1ccc2c(c1)CCO2)c1cccc([N+](=O)[O-])c1N1CCOCC1. The summed E-state index contributed by atoms with van der Waals surface area (Å²) in [5, 5.41) is 14.4. The Labute approximate surface area is 155 Å². The van der Waals surface area contributed by atoms with Gasteiger partial charge in [0.25, 0.3) is 11.6 Å². The Bertz CT molecular complexity index is 893. The normalized spacial score (nSPS) is 15.8. The second kappa shape index (κ2) is 7.24. The minimum atomic E-state index is -0.450. The molecule has 2 heterocycles. The van der Waals surface area contributed by atoms with E-state index in [-0.39, 0.29) is 17.2 Å². The van der Waals surface area contributed by atoms with E-state index in [2.05, 4.69) is 5.32 Å². The molecule has 2 aliphatic heterocycles. The maximum absolute atomic E-state index is 12.9. The number of carbonyl (C=O) groups is 1. The molecule has 8 nitrogen and oxygen atoms in total. The molecule has 0 atom stereocenters. The summed E-state index contributed by atoms with van der Waals surface area (Å²) < 4.78 is 10.8. The van der Waals surface area contributed by atoms with E-state index in [1.807, 2.05) is 17.0 Å². The number of amides is 1. The number of hydrogen-bond donors (Lipinski definition) is 1. The number of nitrogens with one attached hydrogen (secondary N) is 1. The van der Waals surface area contributed by atoms with Crippen molar-refractivity contribution in [3.8, 4) is 5.75 Å². The van der Waals surface area contributed by atoms with Crippen LogP contribution in [-0.2, 0) is 11.2 Å². The highest BCUT2D eigenvalue weighted by molar-refractivity contribution is 6.09. The summed E-state index contributed by atoms with van der Waals surface area (Å²) in [5.74, 6) is 0.455. The lowest BCUT2D eigenvalue weighted by Crippen LogP contribution is -2.37. The van der Waals surface area contributed by atoms with Gasteiger partial charge in [0.2, 0.25) is 0 Å². The summed E-state index contributed by atoms with van der Waals surface area (Å²) >= 11 is 0. The number of nitrogens with zero attached hydrogens (tertiary/aromatic N) is 2. The Morgan fingerprint density at radius 2 is 1.96 bits per heavy atom. The van der Waals surface area contributed by atoms with Crippen molar-refractivity contribution in [3.05, 3.63) is 57.6 Å². The standard InChI is InChI=1S/C19H19N3O5/c23-19(20-14-4-5-17-13(12-14)6-9-27-17)15-2-1-3-16(22(24)25)18(15)21-7-10-26-11-8-21/h1-5,12H,6-11H2,(H,20,23). The molecule has 1 N–H and O–H groups in total. The molecule has 4 rings (SSSR count). The van der Waals surface area contributed by atoms with E-state index in [4.69, 9.17) is 9.47 Å². The van der Waals surface area contributed by atoms with Crippen LogP contribution in [0.3, 0.4) is 0 Å². The molecule has 27 heavy (non-hydrogen) atoms. The maximum Gasteiger partial charge on any atom is 0.293 e. The van der Waals surface area contributed by atoms with Crippen molar-refractivity contribution in [2.45, 2.75) is 6.42 Å². The summed E-state index contributed by atoms with van der Waals surface area (Å²) in [6, 6.07) is 10.1. The van der Waals surface area contributed by atoms with Crippen molar-refractivity contribution in [1.29, 1.82) is 0 Å². The third-order valence-corrected chi connectivity index (χ3v) is 4.73. The average molecular weight is 369 g/mol. The number of ether oxygens (including phenoxy) is 2. The molecular weight excluding hydrogens is 350 g/mol. The third kappa shape index (κ3) is 3.43. The lowest BCUT2D eigenvalue weighted by atomic mass is 10.1. The van der Waals surface area contributed by atoms with Gasteiger partial charge in [-0.05, 0) is 29.8 Å². The Morgan fingerprint density at radius 3 is 2.74 bits per heavy atom. The van der Waals surface area contributed by atoms with Crippen LogP contribution in [-0.4, -0.2) is 43.7 Å². The highest BCUT2D eigenvalue weighted by Crippen LogP contribution is 2.34. The van der Waals surface area contributed by atoms with Crippen LogP contribution < -0.4 is 15.0 Å². The van der Waals surface area contributed by atoms with E-state index in [9.17, 15) is 14.9 Å². The number of benzene rings is 2. The van der Waals surface area contributed by atoms with Crippen molar-refractivity contribution < 1.29 is 19.2 Å². The Kier molecular flexibility index (Phi) is 4.64. The predicted molar refractivity (Wildman–Crippen MR) is 99.7 cm³/mol. The first-order chi connectivity index (χ1) is 13.1. The number of nitro benzene ring substituents is 1. The van der Waals surface area contributed by atoms with Crippen molar-refractivity contribution >= 4 is 23.0 Å². The van der Waals surface area contributed by atoms with Crippen LogP contribution in [0.15, 0.2) is 36.4 Å². The number of hydrogen-bond acceptors (Lipinski definition) is 6. The lowest BCUT2D eigenvalue weighted by molar-refractivity contribution is -0.384. The Balaban J connectivity index is 1.66. The number of carbonyl (C=O) groups excluding carboxylic acids is 1. The molecule has 0 radical (unpaired) electrons. The van der Waals surface area contributed by atoms with E-state index < -0.39 is 4.92 Å². The Morgan fingerprint density at radius 1 is 1.15 bits per heavy atom. The molecule has 1 fully saturated rings. The van der Waals surface area contributed by atoms with Crippen LogP contribution in [0, 0.1) is 10.1 Å². The molecule has 1 amide bonds. The molecule has 1 saturated heterocycles. The number of rotatable bonds is 4. The highest BCUT2D eigenvalue weighted by Gasteiger charge is 2.27. The summed E-state index contributed by atoms with van der Waals surface area (Å²) in [4.78, 5) is 25.8. The molecular formula is C19H19N3O5. The van der Waals surface area contributed by atoms with Crippen molar-refractivity contribution in [2.24, 2.45) is 0 Å². The summed E-state index contributed by atoms with van der Waals surface area (Å²) in [7, 11) is 0. The lowest BCUT2D eigenvalue weighted by Gasteiger charge is -2.29. The Hall–Kier alpha value is -3.13. The first kappa shape index (κ1) is 17.3. The number of para-hydroxylation sites is 1. The van der Waals surface area contributed by atoms with Gasteiger partial charge in [-0.3, -0.25) is 14.9 Å². The molecule has 0 aliphatic carbocycles. The molecule has 2 aromatic carbocycles. The largest absolute Gasteiger partial charge is 0.493 e. The van der Waals surface area contributed by atoms with Gasteiger partial charge >= 0.3 is 0 Å². The van der Waals surface area contributed by atoms with Crippen LogP contribution in [0.5, 0.6) is 5.75 Å². The smallest absolute Gasteiger partial charge is 0.293 e. The quantitative estimate of drug-likeness (QED) is 0.658. The van der Waals surface area contributed by atoms with Crippen LogP contribution in [0.2, 0.25) is 0 Å². The number of nitro groups is 1. The van der Waals surface area contributed by atoms with E-state index in [0.717, 1.165) is 17.7 Å². The molecule has 2 aliphatic rings. The van der Waals surface area contributed by atoms with Gasteiger partial charge in [-0.25, -0.2) is 0 Å². The second-order valence-corrected chi connectivity index (χ2v) is 6.40. The topological polar surface area (TPSA) is 93.9 Å². The van der Waals surface area contributed by atoms with E-state index in [1.54, 1.807) is 12.1 Å². The van der Waals surface area contributed by atoms with Gasteiger partial charge in [0.05, 0.1) is 30.3 Å². The zero-order valence-corrected chi connectivity index (χ0v) is 14.6. The van der Waals surface area contributed by atoms with Crippen molar-refractivity contribution in [3.63, 3.8) is 0 Å². The van der Waals surface area contributed by atoms with Crippen molar-refractivity contribution in [1.82, 2.24) is 0 Å². The molecule has 140 valence electrons. The highest BCUT2D eigenvalue weighted by atomic mass is 16.6. The van der Waals surface area contributed by atoms with Crippen LogP contribution >= 0.6 is 0 Å². The monoisotopic (exact) mass is 369 g/mol. The first-order valence-electron chi connectivity index (χ1n) is 8.80. The maximum atomic E-state index is 12.9. The third-order valence-electron chi connectivity index (χ3n) is 4.73. The number of morpholine rings is 1.